The highest BCUT2D eigenvalue weighted by molar-refractivity contribution is 5.74. The van der Waals surface area contributed by atoms with Gasteiger partial charge in [-0.25, -0.2) is 5.01 Å². The third-order valence-electron chi connectivity index (χ3n) is 3.69. The van der Waals surface area contributed by atoms with Crippen LogP contribution in [0.3, 0.4) is 0 Å². The molecule has 6 heteroatoms. The van der Waals surface area contributed by atoms with Crippen molar-refractivity contribution in [1.29, 1.82) is 0 Å². The zero-order valence-electron chi connectivity index (χ0n) is 11.3. The first-order valence-electron chi connectivity index (χ1n) is 6.58. The monoisotopic (exact) mass is 264 g/mol. The van der Waals surface area contributed by atoms with E-state index in [9.17, 15) is 10.1 Å². The Labute approximate surface area is 112 Å². The number of para-hydroxylation sites is 1. The van der Waals surface area contributed by atoms with Crippen LogP contribution in [0.2, 0.25) is 0 Å². The van der Waals surface area contributed by atoms with Gasteiger partial charge in [-0.05, 0) is 38.8 Å². The highest BCUT2D eigenvalue weighted by atomic mass is 16.6. The molecule has 0 aliphatic carbocycles. The molecule has 0 saturated carbocycles. The Morgan fingerprint density at radius 1 is 1.37 bits per heavy atom. The number of nitrogens with zero attached hydrogens (tertiary/aromatic N) is 2. The number of nitro groups is 1. The lowest BCUT2D eigenvalue weighted by atomic mass is 10.00. The van der Waals surface area contributed by atoms with Crippen molar-refractivity contribution in [2.75, 3.05) is 11.2 Å². The highest BCUT2D eigenvalue weighted by Gasteiger charge is 2.27. The van der Waals surface area contributed by atoms with Crippen LogP contribution < -0.4 is 11.2 Å². The number of hydrogen-bond donors (Lipinski definition) is 2. The van der Waals surface area contributed by atoms with Gasteiger partial charge in [0.2, 0.25) is 0 Å². The Morgan fingerprint density at radius 3 is 2.58 bits per heavy atom. The molecule has 0 aromatic heterocycles. The summed E-state index contributed by atoms with van der Waals surface area (Å²) < 4.78 is 0. The molecule has 3 N–H and O–H groups in total. The van der Waals surface area contributed by atoms with Gasteiger partial charge in [-0.15, -0.1) is 0 Å². The van der Waals surface area contributed by atoms with E-state index in [1.807, 2.05) is 0 Å². The van der Waals surface area contributed by atoms with Crippen LogP contribution in [-0.4, -0.2) is 22.0 Å². The molecule has 1 fully saturated rings. The molecule has 0 spiro atoms. The zero-order chi connectivity index (χ0) is 14.0. The summed E-state index contributed by atoms with van der Waals surface area (Å²) in [6.07, 6.45) is 3.38. The Kier molecular flexibility index (Phi) is 3.90. The third kappa shape index (κ3) is 2.78. The summed E-state index contributed by atoms with van der Waals surface area (Å²) in [4.78, 5) is 10.7. The van der Waals surface area contributed by atoms with E-state index in [1.54, 1.807) is 18.2 Å². The lowest BCUT2D eigenvalue weighted by Gasteiger charge is -2.39. The lowest BCUT2D eigenvalue weighted by molar-refractivity contribution is -0.383. The van der Waals surface area contributed by atoms with Gasteiger partial charge in [0, 0.05) is 12.1 Å². The molecule has 1 aliphatic rings. The van der Waals surface area contributed by atoms with Crippen molar-refractivity contribution in [3.05, 3.63) is 28.3 Å². The van der Waals surface area contributed by atoms with E-state index in [4.69, 9.17) is 5.73 Å². The second-order valence-corrected chi connectivity index (χ2v) is 5.15. The molecule has 0 bridgehead atoms. The van der Waals surface area contributed by atoms with E-state index in [-0.39, 0.29) is 11.4 Å². The maximum atomic E-state index is 11.1. The zero-order valence-corrected chi connectivity index (χ0v) is 11.3. The van der Waals surface area contributed by atoms with Crippen molar-refractivity contribution >= 4 is 17.1 Å². The second kappa shape index (κ2) is 5.44. The molecule has 1 aliphatic heterocycles. The van der Waals surface area contributed by atoms with Gasteiger partial charge < -0.3 is 11.2 Å². The molecule has 2 atom stereocenters. The van der Waals surface area contributed by atoms with Crippen LogP contribution in [0, 0.1) is 10.1 Å². The van der Waals surface area contributed by atoms with Gasteiger partial charge in [0.25, 0.3) is 0 Å². The van der Waals surface area contributed by atoms with E-state index >= 15 is 0 Å². The normalized spacial score (nSPS) is 24.1. The van der Waals surface area contributed by atoms with E-state index < -0.39 is 4.92 Å². The minimum absolute atomic E-state index is 0.0486. The molecule has 2 rings (SSSR count). The van der Waals surface area contributed by atoms with Crippen LogP contribution in [0.15, 0.2) is 18.2 Å². The summed E-state index contributed by atoms with van der Waals surface area (Å²) in [6, 6.07) is 5.67. The first kappa shape index (κ1) is 13.6. The molecule has 2 unspecified atom stereocenters. The number of piperidine rings is 1. The smallest absolute Gasteiger partial charge is 0.316 e. The van der Waals surface area contributed by atoms with Crippen LogP contribution >= 0.6 is 0 Å². The maximum absolute atomic E-state index is 11.1. The standard InChI is InChI=1S/C13H20N4O2/c1-9-5-3-6-10(2)16(9)15-12-8-4-7-11(14)13(12)17(18)19/h4,7-10,15H,3,5-6,14H2,1-2H3. The second-order valence-electron chi connectivity index (χ2n) is 5.15. The largest absolute Gasteiger partial charge is 0.393 e. The average molecular weight is 264 g/mol. The predicted octanol–water partition coefficient (Wildman–Crippen LogP) is 2.77. The number of nitrogens with one attached hydrogen (secondary N) is 1. The Hall–Kier alpha value is -1.82. The average Bonchev–Trinajstić information content (AvgIpc) is 2.33. The van der Waals surface area contributed by atoms with Gasteiger partial charge in [-0.2, -0.15) is 0 Å². The summed E-state index contributed by atoms with van der Waals surface area (Å²) in [5.41, 5.74) is 9.48. The van der Waals surface area contributed by atoms with Crippen LogP contribution in [0.5, 0.6) is 0 Å². The number of rotatable bonds is 3. The molecule has 1 saturated heterocycles. The van der Waals surface area contributed by atoms with Gasteiger partial charge in [-0.1, -0.05) is 12.5 Å². The molecular formula is C13H20N4O2. The fourth-order valence-electron chi connectivity index (χ4n) is 2.64. The highest BCUT2D eigenvalue weighted by Crippen LogP contribution is 2.32. The molecule has 104 valence electrons. The fraction of sp³-hybridized carbons (Fsp3) is 0.538. The number of nitrogens with two attached hydrogens (primary N) is 1. The van der Waals surface area contributed by atoms with Crippen LogP contribution in [-0.2, 0) is 0 Å². The first-order valence-corrected chi connectivity index (χ1v) is 6.58. The van der Waals surface area contributed by atoms with Crippen molar-refractivity contribution in [2.45, 2.75) is 45.2 Å². The van der Waals surface area contributed by atoms with Crippen molar-refractivity contribution in [2.24, 2.45) is 0 Å². The van der Waals surface area contributed by atoms with E-state index in [2.05, 4.69) is 24.3 Å². The van der Waals surface area contributed by atoms with Gasteiger partial charge in [-0.3, -0.25) is 10.1 Å². The summed E-state index contributed by atoms with van der Waals surface area (Å²) >= 11 is 0. The van der Waals surface area contributed by atoms with E-state index in [1.165, 1.54) is 6.42 Å². The number of nitro benzene ring substituents is 1. The summed E-state index contributed by atoms with van der Waals surface area (Å²) in [5, 5.41) is 13.2. The SMILES string of the molecule is CC1CCCC(C)N1Nc1cccc(N)c1[N+](=O)[O-]. The summed E-state index contributed by atoms with van der Waals surface area (Å²) in [6.45, 7) is 4.25. The molecule has 0 amide bonds. The minimum Gasteiger partial charge on any atom is -0.393 e. The van der Waals surface area contributed by atoms with Crippen molar-refractivity contribution < 1.29 is 4.92 Å². The number of nitrogen functional groups attached to an aromatic ring is 1. The lowest BCUT2D eigenvalue weighted by Crippen LogP contribution is -2.47. The predicted molar refractivity (Wildman–Crippen MR) is 75.7 cm³/mol. The Balaban J connectivity index is 2.27. The summed E-state index contributed by atoms with van der Waals surface area (Å²) in [5.74, 6) is 0. The van der Waals surface area contributed by atoms with Gasteiger partial charge >= 0.3 is 5.69 Å². The van der Waals surface area contributed by atoms with Crippen molar-refractivity contribution in [3.8, 4) is 0 Å². The number of hydrazine groups is 1. The Bertz CT molecular complexity index is 468. The van der Waals surface area contributed by atoms with E-state index in [0.717, 1.165) is 12.8 Å². The first-order chi connectivity index (χ1) is 9.00. The van der Waals surface area contributed by atoms with Crippen LogP contribution in [0.25, 0.3) is 0 Å². The van der Waals surface area contributed by atoms with E-state index in [0.29, 0.717) is 17.8 Å². The topological polar surface area (TPSA) is 84.4 Å². The molecular weight excluding hydrogens is 244 g/mol. The molecule has 1 heterocycles. The third-order valence-corrected chi connectivity index (χ3v) is 3.69. The summed E-state index contributed by atoms with van der Waals surface area (Å²) in [7, 11) is 0. The van der Waals surface area contributed by atoms with Gasteiger partial charge in [0.15, 0.2) is 0 Å². The number of benzene rings is 1. The van der Waals surface area contributed by atoms with Crippen molar-refractivity contribution in [1.82, 2.24) is 5.01 Å². The molecule has 19 heavy (non-hydrogen) atoms. The fourth-order valence-corrected chi connectivity index (χ4v) is 2.64. The van der Waals surface area contributed by atoms with Gasteiger partial charge in [0.05, 0.1) is 4.92 Å². The number of anilines is 2. The maximum Gasteiger partial charge on any atom is 0.316 e. The quantitative estimate of drug-likeness (QED) is 0.498. The molecule has 6 nitrogen and oxygen atoms in total. The molecule has 0 radical (unpaired) electrons. The van der Waals surface area contributed by atoms with Crippen LogP contribution in [0.4, 0.5) is 17.1 Å². The van der Waals surface area contributed by atoms with Crippen LogP contribution in [0.1, 0.15) is 33.1 Å². The molecule has 1 aromatic rings. The van der Waals surface area contributed by atoms with Crippen molar-refractivity contribution in [3.63, 3.8) is 0 Å². The minimum atomic E-state index is -0.434. The molecule has 1 aromatic carbocycles. The van der Waals surface area contributed by atoms with Gasteiger partial charge in [0.1, 0.15) is 11.4 Å². The number of hydrogen-bond acceptors (Lipinski definition) is 5. The Morgan fingerprint density at radius 2 is 2.00 bits per heavy atom.